The minimum atomic E-state index is -0.677. The summed E-state index contributed by atoms with van der Waals surface area (Å²) >= 11 is 0. The van der Waals surface area contributed by atoms with E-state index in [1.54, 1.807) is 0 Å². The topological polar surface area (TPSA) is 84.2 Å². The van der Waals surface area contributed by atoms with Crippen molar-refractivity contribution in [1.29, 1.82) is 0 Å². The molecular formula is C8H17N3O2. The van der Waals surface area contributed by atoms with Crippen molar-refractivity contribution >= 4 is 11.9 Å². The Balaban J connectivity index is 3.25. The van der Waals surface area contributed by atoms with Crippen molar-refractivity contribution in [3.63, 3.8) is 0 Å². The van der Waals surface area contributed by atoms with E-state index in [9.17, 15) is 9.59 Å². The van der Waals surface area contributed by atoms with Crippen LogP contribution in [0.2, 0.25) is 0 Å². The van der Waals surface area contributed by atoms with Gasteiger partial charge in [-0.2, -0.15) is 0 Å². The second-order valence-corrected chi connectivity index (χ2v) is 2.77. The molecule has 0 rings (SSSR count). The predicted molar refractivity (Wildman–Crippen MR) is 50.1 cm³/mol. The zero-order valence-electron chi connectivity index (χ0n) is 7.93. The van der Waals surface area contributed by atoms with Gasteiger partial charge in [0.2, 0.25) is 5.91 Å². The van der Waals surface area contributed by atoms with Gasteiger partial charge in [-0.1, -0.05) is 19.8 Å². The standard InChI is InChI=1S/C8H17N3O2/c1-2-3-4-5-10-7(12)6-11-8(9)13/h2-6H2,1H3,(H,10,12)(H3,9,11,13). The van der Waals surface area contributed by atoms with E-state index in [-0.39, 0.29) is 12.5 Å². The average molecular weight is 187 g/mol. The van der Waals surface area contributed by atoms with Gasteiger partial charge in [0.1, 0.15) is 0 Å². The SMILES string of the molecule is CCCCCNC(=O)CNC(N)=O. The van der Waals surface area contributed by atoms with E-state index >= 15 is 0 Å². The Kier molecular flexibility index (Phi) is 6.68. The highest BCUT2D eigenvalue weighted by Crippen LogP contribution is 1.90. The highest BCUT2D eigenvalue weighted by Gasteiger charge is 2.00. The van der Waals surface area contributed by atoms with Gasteiger partial charge in [-0.3, -0.25) is 4.79 Å². The average Bonchev–Trinajstić information content (AvgIpc) is 2.09. The number of carbonyl (C=O) groups is 2. The van der Waals surface area contributed by atoms with Crippen LogP contribution in [0.3, 0.4) is 0 Å². The zero-order chi connectivity index (χ0) is 10.1. The fourth-order valence-corrected chi connectivity index (χ4v) is 0.833. The molecule has 3 amide bonds. The molecule has 76 valence electrons. The molecule has 0 aliphatic carbocycles. The molecule has 0 bridgehead atoms. The molecule has 5 nitrogen and oxygen atoms in total. The third-order valence-corrected chi connectivity index (χ3v) is 1.53. The highest BCUT2D eigenvalue weighted by atomic mass is 16.2. The number of amides is 3. The van der Waals surface area contributed by atoms with Crippen LogP contribution in [0.5, 0.6) is 0 Å². The lowest BCUT2D eigenvalue weighted by atomic mass is 10.2. The summed E-state index contributed by atoms with van der Waals surface area (Å²) in [6, 6.07) is -0.677. The van der Waals surface area contributed by atoms with Crippen LogP contribution in [-0.4, -0.2) is 25.0 Å². The van der Waals surface area contributed by atoms with Crippen molar-refractivity contribution in [2.24, 2.45) is 5.73 Å². The Bertz CT molecular complexity index is 171. The zero-order valence-corrected chi connectivity index (χ0v) is 7.93. The van der Waals surface area contributed by atoms with E-state index in [0.717, 1.165) is 19.3 Å². The van der Waals surface area contributed by atoms with Gasteiger partial charge in [-0.05, 0) is 6.42 Å². The van der Waals surface area contributed by atoms with Crippen molar-refractivity contribution in [3.05, 3.63) is 0 Å². The van der Waals surface area contributed by atoms with Crippen LogP contribution in [0.15, 0.2) is 0 Å². The third kappa shape index (κ3) is 8.65. The Morgan fingerprint density at radius 3 is 2.46 bits per heavy atom. The minimum absolute atomic E-state index is 0.0402. The molecule has 0 saturated heterocycles. The molecular weight excluding hydrogens is 170 g/mol. The number of rotatable bonds is 6. The third-order valence-electron chi connectivity index (χ3n) is 1.53. The van der Waals surface area contributed by atoms with E-state index in [0.29, 0.717) is 6.54 Å². The van der Waals surface area contributed by atoms with Crippen LogP contribution in [0.25, 0.3) is 0 Å². The van der Waals surface area contributed by atoms with E-state index < -0.39 is 6.03 Å². The van der Waals surface area contributed by atoms with E-state index in [2.05, 4.69) is 17.6 Å². The number of unbranched alkanes of at least 4 members (excludes halogenated alkanes) is 2. The summed E-state index contributed by atoms with van der Waals surface area (Å²) < 4.78 is 0. The Hall–Kier alpha value is -1.26. The second-order valence-electron chi connectivity index (χ2n) is 2.77. The molecule has 0 unspecified atom stereocenters. The number of urea groups is 1. The first-order chi connectivity index (χ1) is 6.16. The first kappa shape index (κ1) is 11.7. The molecule has 0 aliphatic rings. The molecule has 0 spiro atoms. The van der Waals surface area contributed by atoms with Crippen molar-refractivity contribution in [2.75, 3.05) is 13.1 Å². The van der Waals surface area contributed by atoms with Crippen LogP contribution in [0.1, 0.15) is 26.2 Å². The molecule has 0 heterocycles. The number of hydrogen-bond donors (Lipinski definition) is 3. The lowest BCUT2D eigenvalue weighted by molar-refractivity contribution is -0.120. The van der Waals surface area contributed by atoms with Crippen LogP contribution in [-0.2, 0) is 4.79 Å². The van der Waals surface area contributed by atoms with Gasteiger partial charge in [-0.25, -0.2) is 4.79 Å². The van der Waals surface area contributed by atoms with Crippen LogP contribution < -0.4 is 16.4 Å². The maximum Gasteiger partial charge on any atom is 0.312 e. The molecule has 0 saturated carbocycles. The quantitative estimate of drug-likeness (QED) is 0.510. The summed E-state index contributed by atoms with van der Waals surface area (Å²) in [5.41, 5.74) is 4.79. The van der Waals surface area contributed by atoms with E-state index in [1.165, 1.54) is 0 Å². The number of hydrogen-bond acceptors (Lipinski definition) is 2. The molecule has 0 atom stereocenters. The Labute approximate surface area is 78.1 Å². The lowest BCUT2D eigenvalue weighted by Gasteiger charge is -2.04. The van der Waals surface area contributed by atoms with Crippen molar-refractivity contribution in [3.8, 4) is 0 Å². The van der Waals surface area contributed by atoms with Gasteiger partial charge in [-0.15, -0.1) is 0 Å². The molecule has 0 aromatic rings. The normalized spacial score (nSPS) is 9.31. The van der Waals surface area contributed by atoms with Crippen molar-refractivity contribution in [2.45, 2.75) is 26.2 Å². The first-order valence-electron chi connectivity index (χ1n) is 4.46. The van der Waals surface area contributed by atoms with Crippen LogP contribution in [0.4, 0.5) is 4.79 Å². The summed E-state index contributed by atoms with van der Waals surface area (Å²) in [5.74, 6) is -0.199. The molecule has 0 aromatic heterocycles. The molecule has 0 fully saturated rings. The summed E-state index contributed by atoms with van der Waals surface area (Å²) in [5, 5.41) is 4.88. The van der Waals surface area contributed by atoms with Crippen LogP contribution >= 0.6 is 0 Å². The number of carbonyl (C=O) groups excluding carboxylic acids is 2. The fourth-order valence-electron chi connectivity index (χ4n) is 0.833. The number of nitrogens with two attached hydrogens (primary N) is 1. The fraction of sp³-hybridized carbons (Fsp3) is 0.750. The van der Waals surface area contributed by atoms with E-state index in [4.69, 9.17) is 5.73 Å². The monoisotopic (exact) mass is 187 g/mol. The molecule has 13 heavy (non-hydrogen) atoms. The number of nitrogens with one attached hydrogen (secondary N) is 2. The Morgan fingerprint density at radius 1 is 1.23 bits per heavy atom. The minimum Gasteiger partial charge on any atom is -0.355 e. The first-order valence-corrected chi connectivity index (χ1v) is 4.46. The molecule has 0 aromatic carbocycles. The second kappa shape index (κ2) is 7.39. The molecule has 0 aliphatic heterocycles. The van der Waals surface area contributed by atoms with Crippen LogP contribution in [0, 0.1) is 0 Å². The van der Waals surface area contributed by atoms with Gasteiger partial charge >= 0.3 is 6.03 Å². The molecule has 5 heteroatoms. The van der Waals surface area contributed by atoms with Gasteiger partial charge in [0, 0.05) is 6.54 Å². The molecule has 4 N–H and O–H groups in total. The van der Waals surface area contributed by atoms with Gasteiger partial charge in [0.05, 0.1) is 6.54 Å². The Morgan fingerprint density at radius 2 is 1.92 bits per heavy atom. The van der Waals surface area contributed by atoms with Crippen molar-refractivity contribution < 1.29 is 9.59 Å². The summed E-state index contributed by atoms with van der Waals surface area (Å²) in [6.45, 7) is 2.71. The highest BCUT2D eigenvalue weighted by molar-refractivity contribution is 5.83. The summed E-state index contributed by atoms with van der Waals surface area (Å²) in [6.07, 6.45) is 3.19. The maximum absolute atomic E-state index is 10.9. The summed E-state index contributed by atoms with van der Waals surface area (Å²) in [4.78, 5) is 21.1. The summed E-state index contributed by atoms with van der Waals surface area (Å²) in [7, 11) is 0. The smallest absolute Gasteiger partial charge is 0.312 e. The van der Waals surface area contributed by atoms with Crippen molar-refractivity contribution in [1.82, 2.24) is 10.6 Å². The largest absolute Gasteiger partial charge is 0.355 e. The number of primary amides is 1. The van der Waals surface area contributed by atoms with E-state index in [1.807, 2.05) is 0 Å². The van der Waals surface area contributed by atoms with Gasteiger partial charge < -0.3 is 16.4 Å². The predicted octanol–water partition coefficient (Wildman–Crippen LogP) is -0.0389. The maximum atomic E-state index is 10.9. The molecule has 0 radical (unpaired) electrons. The van der Waals surface area contributed by atoms with Gasteiger partial charge in [0.25, 0.3) is 0 Å². The van der Waals surface area contributed by atoms with Gasteiger partial charge in [0.15, 0.2) is 0 Å². The lowest BCUT2D eigenvalue weighted by Crippen LogP contribution is -2.39.